The van der Waals surface area contributed by atoms with Crippen LogP contribution >= 0.6 is 0 Å². The van der Waals surface area contributed by atoms with Gasteiger partial charge in [0.15, 0.2) is 0 Å². The first-order valence-electron chi connectivity index (χ1n) is 14.4. The number of aryl methyl sites for hydroxylation is 2. The molecule has 2 N–H and O–H groups in total. The number of ether oxygens (including phenoxy) is 2. The molecule has 4 bridgehead atoms. The Morgan fingerprint density at radius 2 is 1.76 bits per heavy atom. The van der Waals surface area contributed by atoms with E-state index in [1.54, 1.807) is 24.3 Å². The first kappa shape index (κ1) is 29.8. The van der Waals surface area contributed by atoms with Crippen molar-refractivity contribution in [3.8, 4) is 17.1 Å². The van der Waals surface area contributed by atoms with Crippen LogP contribution < -0.4 is 14.8 Å². The third-order valence-corrected chi connectivity index (χ3v) is 9.56. The van der Waals surface area contributed by atoms with Gasteiger partial charge in [-0.1, -0.05) is 51.1 Å². The van der Waals surface area contributed by atoms with Crippen LogP contribution in [0.4, 0.5) is 10.7 Å². The van der Waals surface area contributed by atoms with Crippen molar-refractivity contribution in [2.75, 3.05) is 18.4 Å². The van der Waals surface area contributed by atoms with E-state index in [9.17, 15) is 13.2 Å². The molecular weight excluding hydrogens is 552 g/mol. The van der Waals surface area contributed by atoms with E-state index in [1.807, 2.05) is 38.1 Å². The second-order valence-corrected chi connectivity index (χ2v) is 14.5. The van der Waals surface area contributed by atoms with Gasteiger partial charge in [-0.25, -0.2) is 22.9 Å². The minimum Gasteiger partial charge on any atom is -0.477 e. The summed E-state index contributed by atoms with van der Waals surface area (Å²) in [5.41, 5.74) is 4.49. The lowest BCUT2D eigenvalue weighted by Crippen LogP contribution is -2.47. The summed E-state index contributed by atoms with van der Waals surface area (Å²) in [6.07, 6.45) is 1.94. The normalized spacial score (nSPS) is 23.2. The number of aromatic nitrogens is 2. The summed E-state index contributed by atoms with van der Waals surface area (Å²) in [5.74, 6) is 0.579. The van der Waals surface area contributed by atoms with E-state index in [1.165, 1.54) is 7.11 Å². The molecule has 3 aromatic rings. The summed E-state index contributed by atoms with van der Waals surface area (Å²) in [6, 6.07) is 15.0. The fourth-order valence-corrected chi connectivity index (χ4v) is 7.45. The number of hydrogen-bond acceptors (Lipinski definition) is 7. The molecule has 2 aromatic carbocycles. The summed E-state index contributed by atoms with van der Waals surface area (Å²) in [7, 11) is -2.63. The number of methoxy groups -OCH3 is 1. The van der Waals surface area contributed by atoms with Crippen LogP contribution in [0.2, 0.25) is 0 Å². The molecule has 2 aliphatic rings. The highest BCUT2D eigenvalue weighted by Crippen LogP contribution is 2.47. The van der Waals surface area contributed by atoms with Crippen molar-refractivity contribution in [3.05, 3.63) is 65.2 Å². The van der Waals surface area contributed by atoms with Crippen LogP contribution in [0.3, 0.4) is 0 Å². The number of anilines is 1. The summed E-state index contributed by atoms with van der Waals surface area (Å²) in [5, 5.41) is 2.91. The number of carbonyl (C=O) groups excluding carboxylic acids is 1. The lowest BCUT2D eigenvalue weighted by molar-refractivity contribution is 0.0917. The van der Waals surface area contributed by atoms with Crippen molar-refractivity contribution >= 4 is 22.1 Å². The van der Waals surface area contributed by atoms with Crippen molar-refractivity contribution in [1.29, 1.82) is 0 Å². The largest absolute Gasteiger partial charge is 0.477 e. The van der Waals surface area contributed by atoms with Crippen molar-refractivity contribution in [3.63, 3.8) is 0 Å². The topological polar surface area (TPSA) is 120 Å². The number of sulfonamides is 1. The van der Waals surface area contributed by atoms with Crippen LogP contribution in [0, 0.1) is 31.1 Å². The highest BCUT2D eigenvalue weighted by atomic mass is 32.2. The smallest absolute Gasteiger partial charge is 0.407 e. The maximum atomic E-state index is 13.7. The molecule has 224 valence electrons. The summed E-state index contributed by atoms with van der Waals surface area (Å²) < 4.78 is 41.1. The van der Waals surface area contributed by atoms with Gasteiger partial charge >= 0.3 is 6.09 Å². The highest BCUT2D eigenvalue weighted by Gasteiger charge is 2.42. The molecule has 1 aromatic heterocycles. The van der Waals surface area contributed by atoms with Crippen molar-refractivity contribution in [2.24, 2.45) is 17.3 Å². The third-order valence-electron chi connectivity index (χ3n) is 8.24. The molecule has 1 saturated carbocycles. The van der Waals surface area contributed by atoms with Gasteiger partial charge in [0.25, 0.3) is 10.0 Å². The van der Waals surface area contributed by atoms with Gasteiger partial charge in [0.05, 0.1) is 24.3 Å². The second-order valence-electron chi connectivity index (χ2n) is 12.8. The maximum Gasteiger partial charge on any atom is 0.407 e. The van der Waals surface area contributed by atoms with Crippen LogP contribution in [-0.4, -0.2) is 44.2 Å². The van der Waals surface area contributed by atoms with Gasteiger partial charge < -0.3 is 14.8 Å². The fourth-order valence-electron chi connectivity index (χ4n) is 6.46. The number of nitrogens with one attached hydrogen (secondary N) is 2. The lowest BCUT2D eigenvalue weighted by Gasteiger charge is -2.45. The maximum absolute atomic E-state index is 13.7. The van der Waals surface area contributed by atoms with E-state index in [0.717, 1.165) is 41.5 Å². The molecule has 10 heteroatoms. The van der Waals surface area contributed by atoms with E-state index >= 15 is 0 Å². The summed E-state index contributed by atoms with van der Waals surface area (Å²) in [4.78, 5) is 21.1. The molecule has 1 aliphatic carbocycles. The van der Waals surface area contributed by atoms with E-state index in [-0.39, 0.29) is 40.1 Å². The summed E-state index contributed by atoms with van der Waals surface area (Å²) in [6.45, 7) is 11.0. The predicted octanol–water partition coefficient (Wildman–Crippen LogP) is 6.22. The average molecular weight is 593 g/mol. The first-order chi connectivity index (χ1) is 19.8. The van der Waals surface area contributed by atoms with Gasteiger partial charge in [0.1, 0.15) is 0 Å². The highest BCUT2D eigenvalue weighted by molar-refractivity contribution is 7.92. The molecule has 1 fully saturated rings. The Kier molecular flexibility index (Phi) is 8.20. The molecule has 0 spiro atoms. The number of benzene rings is 2. The Balaban J connectivity index is 1.60. The number of hydrogen-bond donors (Lipinski definition) is 2. The van der Waals surface area contributed by atoms with E-state index in [0.29, 0.717) is 18.2 Å². The number of nitrogens with zero attached hydrogens (tertiary/aromatic N) is 2. The van der Waals surface area contributed by atoms with Gasteiger partial charge in [-0.05, 0) is 79.2 Å². The van der Waals surface area contributed by atoms with Crippen LogP contribution in [0.25, 0.3) is 11.3 Å². The number of alkyl carbamates (subject to hydrolysis) is 1. The van der Waals surface area contributed by atoms with Crippen molar-refractivity contribution in [1.82, 2.24) is 15.3 Å². The number of amides is 1. The third kappa shape index (κ3) is 6.53. The van der Waals surface area contributed by atoms with E-state index < -0.39 is 16.1 Å². The Bertz CT molecular complexity index is 1560. The summed E-state index contributed by atoms with van der Waals surface area (Å²) >= 11 is 0. The zero-order chi connectivity index (χ0) is 30.2. The van der Waals surface area contributed by atoms with E-state index in [2.05, 4.69) is 40.8 Å². The molecule has 5 rings (SSSR count). The molecule has 1 aliphatic heterocycles. The van der Waals surface area contributed by atoms with Crippen LogP contribution in [-0.2, 0) is 14.8 Å². The number of carbonyl (C=O) groups is 1. The molecule has 0 radical (unpaired) electrons. The van der Waals surface area contributed by atoms with Crippen LogP contribution in [0.1, 0.15) is 62.6 Å². The Morgan fingerprint density at radius 1 is 1.07 bits per heavy atom. The fraction of sp³-hybridized carbons (Fsp3) is 0.469. The Hall–Kier alpha value is -3.66. The monoisotopic (exact) mass is 592 g/mol. The second kappa shape index (κ2) is 11.6. The number of rotatable bonds is 4. The minimum absolute atomic E-state index is 0.00823. The molecule has 9 nitrogen and oxygen atoms in total. The van der Waals surface area contributed by atoms with Gasteiger partial charge in [-0.15, -0.1) is 0 Å². The van der Waals surface area contributed by atoms with Crippen LogP contribution in [0.5, 0.6) is 5.88 Å². The first-order valence-corrected chi connectivity index (χ1v) is 15.9. The van der Waals surface area contributed by atoms with Gasteiger partial charge in [-0.2, -0.15) is 4.98 Å². The SMILES string of the molecule is COC(=O)NC1CC(C2c3cccc(c3)S(=O)(=O)Nc3nc(cc(-c4c(C)cccc4C)n3)OC[C@H]2CC(C)(C)C)C1. The zero-order valence-corrected chi connectivity index (χ0v) is 25.9. The van der Waals surface area contributed by atoms with Crippen molar-refractivity contribution in [2.45, 2.75) is 70.7 Å². The van der Waals surface area contributed by atoms with Gasteiger partial charge in [0.2, 0.25) is 11.8 Å². The zero-order valence-electron chi connectivity index (χ0n) is 25.1. The number of fused-ring (bicyclic) bond motifs is 4. The van der Waals surface area contributed by atoms with Gasteiger partial charge in [0, 0.05) is 23.6 Å². The molecule has 1 unspecified atom stereocenters. The molecule has 2 heterocycles. The molecule has 42 heavy (non-hydrogen) atoms. The molecule has 2 atom stereocenters. The van der Waals surface area contributed by atoms with Gasteiger partial charge in [-0.3, -0.25) is 0 Å². The minimum atomic E-state index is -3.99. The quantitative estimate of drug-likeness (QED) is 0.369. The van der Waals surface area contributed by atoms with Crippen molar-refractivity contribution < 1.29 is 22.7 Å². The lowest BCUT2D eigenvalue weighted by atomic mass is 9.63. The van der Waals surface area contributed by atoms with E-state index in [4.69, 9.17) is 9.47 Å². The standard InChI is InChI=1S/C32H40N4O5S/c1-19-9-7-10-20(2)28(19)26-16-27-35-30(34-26)36-42(38,39)25-12-8-11-21(15-25)29(23(18-41-27)17-32(3,4)5)22-13-24(14-22)33-31(37)40-6/h7-12,15-16,22-24,29H,13-14,17-18H2,1-6H3,(H,33,37)(H,34,35,36)/t22?,23-,24?,29?/m1/s1. The average Bonchev–Trinajstić information content (AvgIpc) is 2.88. The predicted molar refractivity (Wildman–Crippen MR) is 162 cm³/mol. The molecule has 1 amide bonds. The Labute approximate surface area is 248 Å². The molecular formula is C32H40N4O5S. The Morgan fingerprint density at radius 3 is 2.43 bits per heavy atom. The molecule has 0 saturated heterocycles. The van der Waals surface area contributed by atoms with Crippen LogP contribution in [0.15, 0.2) is 53.4 Å².